The number of nitrogens with zero attached hydrogens (tertiary/aromatic N) is 3. The summed E-state index contributed by atoms with van der Waals surface area (Å²) in [5.74, 6) is 0.534. The maximum absolute atomic E-state index is 13.0. The molecule has 2 aliphatic carbocycles. The standard InChI is InChI=1S/C22H22F2N4O2/c1-13-18(12-26-14(2)27-13)30-22(16-6-4-3-5-7-16)11-17(22)21(29)28-19-10-15(20(23)24)8-9-25-19/h3-6,8-10,12,16-17,20H,7,11H2,1-2H3,(H,25,28,29)/t16?,17-,22+/m0/s1. The number of nitrogens with one attached hydrogen (secondary N) is 1. The first-order valence-corrected chi connectivity index (χ1v) is 9.76. The van der Waals surface area contributed by atoms with Gasteiger partial charge in [0, 0.05) is 24.1 Å². The lowest BCUT2D eigenvalue weighted by Gasteiger charge is -2.28. The number of aryl methyl sites for hydroxylation is 2. The maximum atomic E-state index is 13.0. The van der Waals surface area contributed by atoms with Gasteiger partial charge in [-0.1, -0.05) is 24.3 Å². The fourth-order valence-corrected chi connectivity index (χ4v) is 3.86. The highest BCUT2D eigenvalue weighted by molar-refractivity contribution is 5.95. The van der Waals surface area contributed by atoms with Crippen LogP contribution in [0.3, 0.4) is 0 Å². The fourth-order valence-electron chi connectivity index (χ4n) is 3.86. The van der Waals surface area contributed by atoms with Crippen molar-refractivity contribution in [2.75, 3.05) is 5.32 Å². The molecule has 1 N–H and O–H groups in total. The molecule has 1 saturated carbocycles. The van der Waals surface area contributed by atoms with Gasteiger partial charge < -0.3 is 10.1 Å². The van der Waals surface area contributed by atoms with Crippen LogP contribution in [0.4, 0.5) is 14.6 Å². The van der Waals surface area contributed by atoms with Crippen molar-refractivity contribution < 1.29 is 18.3 Å². The van der Waals surface area contributed by atoms with E-state index in [1.807, 2.05) is 31.2 Å². The quantitative estimate of drug-likeness (QED) is 0.764. The molecule has 0 aromatic carbocycles. The number of hydrogen-bond donors (Lipinski definition) is 1. The van der Waals surface area contributed by atoms with Gasteiger partial charge in [-0.15, -0.1) is 0 Å². The zero-order valence-electron chi connectivity index (χ0n) is 16.7. The van der Waals surface area contributed by atoms with Crippen molar-refractivity contribution in [1.29, 1.82) is 0 Å². The minimum atomic E-state index is -2.63. The van der Waals surface area contributed by atoms with Crippen LogP contribution in [0.25, 0.3) is 0 Å². The Morgan fingerprint density at radius 1 is 1.30 bits per heavy atom. The van der Waals surface area contributed by atoms with Crippen LogP contribution in [-0.2, 0) is 4.79 Å². The van der Waals surface area contributed by atoms with Crippen molar-refractivity contribution in [3.63, 3.8) is 0 Å². The molecule has 0 radical (unpaired) electrons. The van der Waals surface area contributed by atoms with Gasteiger partial charge in [0.1, 0.15) is 17.2 Å². The van der Waals surface area contributed by atoms with Crippen LogP contribution in [0.2, 0.25) is 0 Å². The second-order valence-corrected chi connectivity index (χ2v) is 7.60. The topological polar surface area (TPSA) is 77.0 Å². The highest BCUT2D eigenvalue weighted by Gasteiger charge is 2.64. The lowest BCUT2D eigenvalue weighted by molar-refractivity contribution is -0.119. The van der Waals surface area contributed by atoms with E-state index in [2.05, 4.69) is 20.3 Å². The molecule has 2 aromatic rings. The molecule has 6 nitrogen and oxygen atoms in total. The summed E-state index contributed by atoms with van der Waals surface area (Å²) in [6.07, 6.45) is 9.48. The van der Waals surface area contributed by atoms with Gasteiger partial charge in [-0.3, -0.25) is 4.79 Å². The van der Waals surface area contributed by atoms with Crippen LogP contribution in [0, 0.1) is 25.7 Å². The van der Waals surface area contributed by atoms with Crippen LogP contribution in [0.5, 0.6) is 5.75 Å². The average molecular weight is 412 g/mol. The van der Waals surface area contributed by atoms with Crippen molar-refractivity contribution in [1.82, 2.24) is 15.0 Å². The van der Waals surface area contributed by atoms with Gasteiger partial charge in [-0.2, -0.15) is 0 Å². The predicted molar refractivity (Wildman–Crippen MR) is 107 cm³/mol. The van der Waals surface area contributed by atoms with E-state index >= 15 is 0 Å². The molecule has 0 aliphatic heterocycles. The first-order chi connectivity index (χ1) is 14.4. The number of rotatable bonds is 6. The van der Waals surface area contributed by atoms with Crippen molar-refractivity contribution >= 4 is 11.7 Å². The Kier molecular flexibility index (Phi) is 5.32. The lowest BCUT2D eigenvalue weighted by atomic mass is 9.90. The third-order valence-corrected chi connectivity index (χ3v) is 5.52. The summed E-state index contributed by atoms with van der Waals surface area (Å²) in [5.41, 5.74) is -0.226. The summed E-state index contributed by atoms with van der Waals surface area (Å²) in [4.78, 5) is 25.5. The van der Waals surface area contributed by atoms with E-state index in [1.54, 1.807) is 13.1 Å². The first kappa shape index (κ1) is 20.1. The van der Waals surface area contributed by atoms with Crippen molar-refractivity contribution in [3.05, 3.63) is 65.9 Å². The van der Waals surface area contributed by atoms with Gasteiger partial charge in [0.2, 0.25) is 5.91 Å². The molecule has 0 bridgehead atoms. The second-order valence-electron chi connectivity index (χ2n) is 7.60. The highest BCUT2D eigenvalue weighted by atomic mass is 19.3. The fraction of sp³-hybridized carbons (Fsp3) is 0.364. The number of amides is 1. The molecule has 156 valence electrons. The monoisotopic (exact) mass is 412 g/mol. The third-order valence-electron chi connectivity index (χ3n) is 5.52. The largest absolute Gasteiger partial charge is 0.482 e. The van der Waals surface area contributed by atoms with E-state index < -0.39 is 17.9 Å². The van der Waals surface area contributed by atoms with E-state index in [-0.39, 0.29) is 23.2 Å². The Hall–Kier alpha value is -3.16. The van der Waals surface area contributed by atoms with Crippen LogP contribution < -0.4 is 10.1 Å². The Balaban J connectivity index is 1.56. The normalized spacial score (nSPS) is 24.7. The summed E-state index contributed by atoms with van der Waals surface area (Å²) in [5, 5.41) is 2.67. The molecule has 30 heavy (non-hydrogen) atoms. The van der Waals surface area contributed by atoms with Crippen LogP contribution in [-0.4, -0.2) is 26.5 Å². The molecule has 2 aliphatic rings. The Labute approximate surface area is 173 Å². The first-order valence-electron chi connectivity index (χ1n) is 9.76. The Morgan fingerprint density at radius 2 is 2.13 bits per heavy atom. The van der Waals surface area contributed by atoms with Crippen LogP contribution in [0.15, 0.2) is 48.8 Å². The summed E-state index contributed by atoms with van der Waals surface area (Å²) in [7, 11) is 0. The molecule has 4 rings (SSSR count). The number of alkyl halides is 2. The lowest BCUT2D eigenvalue weighted by Crippen LogP contribution is -2.35. The third kappa shape index (κ3) is 3.94. The maximum Gasteiger partial charge on any atom is 0.264 e. The van der Waals surface area contributed by atoms with E-state index in [0.717, 1.165) is 6.42 Å². The van der Waals surface area contributed by atoms with E-state index in [9.17, 15) is 13.6 Å². The van der Waals surface area contributed by atoms with E-state index in [1.165, 1.54) is 18.3 Å². The molecule has 8 heteroatoms. The summed E-state index contributed by atoms with van der Waals surface area (Å²) < 4.78 is 32.2. The molecule has 0 spiro atoms. The van der Waals surface area contributed by atoms with Crippen molar-refractivity contribution in [3.8, 4) is 5.75 Å². The molecule has 1 unspecified atom stereocenters. The van der Waals surface area contributed by atoms with E-state index in [0.29, 0.717) is 23.7 Å². The number of aromatic nitrogens is 3. The zero-order valence-corrected chi connectivity index (χ0v) is 16.7. The molecule has 1 amide bonds. The number of halogens is 2. The average Bonchev–Trinajstić information content (AvgIpc) is 3.47. The molecular weight excluding hydrogens is 390 g/mol. The Bertz CT molecular complexity index is 1020. The number of carbonyl (C=O) groups excluding carboxylic acids is 1. The summed E-state index contributed by atoms with van der Waals surface area (Å²) >= 11 is 0. The second kappa shape index (κ2) is 7.93. The number of carbonyl (C=O) groups is 1. The van der Waals surface area contributed by atoms with Gasteiger partial charge >= 0.3 is 0 Å². The summed E-state index contributed by atoms with van der Waals surface area (Å²) in [6, 6.07) is 2.42. The van der Waals surface area contributed by atoms with Gasteiger partial charge in [0.15, 0.2) is 5.75 Å². The Morgan fingerprint density at radius 3 is 2.83 bits per heavy atom. The summed E-state index contributed by atoms with van der Waals surface area (Å²) in [6.45, 7) is 3.64. The van der Waals surface area contributed by atoms with Gasteiger partial charge in [-0.25, -0.2) is 23.7 Å². The molecule has 2 aromatic heterocycles. The predicted octanol–water partition coefficient (Wildman–Crippen LogP) is 4.33. The molecule has 0 saturated heterocycles. The minimum Gasteiger partial charge on any atom is -0.482 e. The van der Waals surface area contributed by atoms with Crippen molar-refractivity contribution in [2.45, 2.75) is 38.7 Å². The smallest absolute Gasteiger partial charge is 0.264 e. The van der Waals surface area contributed by atoms with Crippen molar-refractivity contribution in [2.24, 2.45) is 11.8 Å². The van der Waals surface area contributed by atoms with Gasteiger partial charge in [-0.05, 0) is 32.4 Å². The highest BCUT2D eigenvalue weighted by Crippen LogP contribution is 2.55. The SMILES string of the molecule is Cc1ncc(O[C@@]2(C3C=CC=CC3)C[C@H]2C(=O)Nc2cc(C(F)F)ccn2)c(C)n1. The number of ether oxygens (including phenoxy) is 1. The minimum absolute atomic E-state index is 0.000638. The van der Waals surface area contributed by atoms with Gasteiger partial charge in [0.25, 0.3) is 6.43 Å². The van der Waals surface area contributed by atoms with Crippen LogP contribution in [0.1, 0.15) is 36.3 Å². The molecular formula is C22H22F2N4O2. The number of allylic oxidation sites excluding steroid dienone is 3. The zero-order chi connectivity index (χ0) is 21.3. The molecule has 3 atom stereocenters. The number of pyridine rings is 1. The molecule has 1 fully saturated rings. The van der Waals surface area contributed by atoms with Crippen LogP contribution >= 0.6 is 0 Å². The number of hydrogen-bond acceptors (Lipinski definition) is 5. The molecule has 2 heterocycles. The van der Waals surface area contributed by atoms with E-state index in [4.69, 9.17) is 4.74 Å². The van der Waals surface area contributed by atoms with Gasteiger partial charge in [0.05, 0.1) is 17.8 Å². The number of anilines is 1.